The fraction of sp³-hybridized carbons (Fsp3) is 0. The monoisotopic (exact) mass is 126 g/mol. The Kier molecular flexibility index (Phi) is 2.97. The Labute approximate surface area is 52.4 Å². The van der Waals surface area contributed by atoms with Gasteiger partial charge in [0.15, 0.2) is 0 Å². The SMILES string of the molecule is C=CC=NC(=C)[N+](=O)[O-]. The van der Waals surface area contributed by atoms with E-state index < -0.39 is 4.92 Å². The van der Waals surface area contributed by atoms with E-state index in [1.54, 1.807) is 0 Å². The molecule has 0 N–H and O–H groups in total. The van der Waals surface area contributed by atoms with E-state index in [0.717, 1.165) is 0 Å². The molecule has 0 atom stereocenters. The zero-order valence-electron chi connectivity index (χ0n) is 4.78. The third kappa shape index (κ3) is 3.16. The fourth-order valence-corrected chi connectivity index (χ4v) is 0.186. The number of nitro groups is 1. The first-order valence-electron chi connectivity index (χ1n) is 2.17. The number of nitrogens with zero attached hydrogens (tertiary/aromatic N) is 2. The number of allylic oxidation sites excluding steroid dienone is 1. The summed E-state index contributed by atoms with van der Waals surface area (Å²) in [4.78, 5) is 12.4. The van der Waals surface area contributed by atoms with Crippen LogP contribution in [0, 0.1) is 10.1 Å². The van der Waals surface area contributed by atoms with Crippen molar-refractivity contribution in [2.75, 3.05) is 0 Å². The Bertz CT molecular complexity index is 172. The molecule has 0 spiro atoms. The fourth-order valence-electron chi connectivity index (χ4n) is 0.186. The molecular weight excluding hydrogens is 120 g/mol. The topological polar surface area (TPSA) is 55.5 Å². The van der Waals surface area contributed by atoms with Gasteiger partial charge in [0.2, 0.25) is 0 Å². The number of aliphatic imine (C=N–C) groups is 1. The molecule has 0 rings (SSSR count). The molecule has 0 heterocycles. The molecule has 0 aliphatic heterocycles. The molecule has 0 aliphatic carbocycles. The van der Waals surface area contributed by atoms with Crippen LogP contribution in [0.2, 0.25) is 0 Å². The van der Waals surface area contributed by atoms with Gasteiger partial charge in [-0.2, -0.15) is 0 Å². The molecule has 0 aliphatic rings. The lowest BCUT2D eigenvalue weighted by molar-refractivity contribution is -0.425. The Morgan fingerprint density at radius 2 is 2.33 bits per heavy atom. The van der Waals surface area contributed by atoms with E-state index >= 15 is 0 Å². The second-order valence-electron chi connectivity index (χ2n) is 1.19. The molecule has 4 nitrogen and oxygen atoms in total. The highest BCUT2D eigenvalue weighted by Crippen LogP contribution is 1.89. The summed E-state index contributed by atoms with van der Waals surface area (Å²) >= 11 is 0. The maximum Gasteiger partial charge on any atom is 0.356 e. The highest BCUT2D eigenvalue weighted by molar-refractivity contribution is 5.70. The molecule has 0 bridgehead atoms. The Morgan fingerprint density at radius 3 is 2.67 bits per heavy atom. The van der Waals surface area contributed by atoms with Gasteiger partial charge >= 0.3 is 5.82 Å². The standard InChI is InChI=1S/C5H6N2O2/c1-3-4-6-5(2)7(8)9/h3-4H,1-2H2. The second kappa shape index (κ2) is 3.54. The number of rotatable bonds is 3. The predicted molar refractivity (Wildman–Crippen MR) is 34.8 cm³/mol. The molecule has 0 aromatic carbocycles. The largest absolute Gasteiger partial charge is 0.358 e. The maximum absolute atomic E-state index is 9.76. The minimum Gasteiger partial charge on any atom is -0.358 e. The lowest BCUT2D eigenvalue weighted by Gasteiger charge is -1.85. The molecule has 0 unspecified atom stereocenters. The van der Waals surface area contributed by atoms with Gasteiger partial charge in [0.1, 0.15) is 6.21 Å². The van der Waals surface area contributed by atoms with E-state index in [4.69, 9.17) is 0 Å². The van der Waals surface area contributed by atoms with Gasteiger partial charge in [-0.25, -0.2) is 0 Å². The van der Waals surface area contributed by atoms with Crippen molar-refractivity contribution in [3.63, 3.8) is 0 Å². The van der Waals surface area contributed by atoms with Crippen LogP contribution < -0.4 is 0 Å². The van der Waals surface area contributed by atoms with Crippen molar-refractivity contribution in [2.24, 2.45) is 4.99 Å². The summed E-state index contributed by atoms with van der Waals surface area (Å²) in [6.45, 7) is 6.33. The van der Waals surface area contributed by atoms with Crippen molar-refractivity contribution in [3.05, 3.63) is 35.2 Å². The van der Waals surface area contributed by atoms with Crippen LogP contribution in [0.3, 0.4) is 0 Å². The third-order valence-corrected chi connectivity index (χ3v) is 0.540. The van der Waals surface area contributed by atoms with Crippen LogP contribution in [0.25, 0.3) is 0 Å². The van der Waals surface area contributed by atoms with Crippen LogP contribution in [-0.4, -0.2) is 11.1 Å². The normalized spacial score (nSPS) is 9.33. The molecule has 48 valence electrons. The molecule has 9 heavy (non-hydrogen) atoms. The molecule has 0 saturated heterocycles. The third-order valence-electron chi connectivity index (χ3n) is 0.540. The van der Waals surface area contributed by atoms with Crippen LogP contribution in [0.15, 0.2) is 30.0 Å². The van der Waals surface area contributed by atoms with Crippen LogP contribution in [0.4, 0.5) is 0 Å². The summed E-state index contributed by atoms with van der Waals surface area (Å²) < 4.78 is 0. The van der Waals surface area contributed by atoms with Gasteiger partial charge in [0, 0.05) is 0 Å². The smallest absolute Gasteiger partial charge is 0.356 e. The van der Waals surface area contributed by atoms with Crippen LogP contribution in [-0.2, 0) is 0 Å². The van der Waals surface area contributed by atoms with E-state index in [1.165, 1.54) is 12.3 Å². The van der Waals surface area contributed by atoms with Crippen molar-refractivity contribution >= 4 is 6.21 Å². The molecule has 4 heteroatoms. The highest BCUT2D eigenvalue weighted by Gasteiger charge is 1.97. The zero-order valence-corrected chi connectivity index (χ0v) is 4.78. The van der Waals surface area contributed by atoms with E-state index in [2.05, 4.69) is 18.2 Å². The molecule has 0 aromatic rings. The average molecular weight is 126 g/mol. The maximum atomic E-state index is 9.76. The van der Waals surface area contributed by atoms with Gasteiger partial charge in [0.25, 0.3) is 0 Å². The van der Waals surface area contributed by atoms with Crippen molar-refractivity contribution < 1.29 is 4.92 Å². The van der Waals surface area contributed by atoms with Gasteiger partial charge in [0.05, 0.1) is 0 Å². The van der Waals surface area contributed by atoms with Gasteiger partial charge in [-0.15, -0.1) is 0 Å². The molecule has 0 amide bonds. The van der Waals surface area contributed by atoms with Crippen molar-refractivity contribution in [2.45, 2.75) is 0 Å². The zero-order chi connectivity index (χ0) is 7.28. The van der Waals surface area contributed by atoms with Gasteiger partial charge < -0.3 is 10.1 Å². The molecule has 0 aromatic heterocycles. The molecule has 0 fully saturated rings. The summed E-state index contributed by atoms with van der Waals surface area (Å²) in [7, 11) is 0. The molecule has 0 radical (unpaired) electrons. The van der Waals surface area contributed by atoms with Crippen molar-refractivity contribution in [1.82, 2.24) is 0 Å². The van der Waals surface area contributed by atoms with Gasteiger partial charge in [-0.1, -0.05) is 6.58 Å². The summed E-state index contributed by atoms with van der Waals surface area (Å²) in [5.74, 6) is -0.380. The summed E-state index contributed by atoms with van der Waals surface area (Å²) in [5, 5.41) is 9.76. The first-order valence-corrected chi connectivity index (χ1v) is 2.17. The lowest BCUT2D eigenvalue weighted by Crippen LogP contribution is -1.92. The first kappa shape index (κ1) is 7.55. The number of hydrogen-bond acceptors (Lipinski definition) is 3. The van der Waals surface area contributed by atoms with Crippen molar-refractivity contribution in [3.8, 4) is 0 Å². The van der Waals surface area contributed by atoms with Crippen LogP contribution in [0.5, 0.6) is 0 Å². The first-order chi connectivity index (χ1) is 4.18. The Hall–Kier alpha value is -1.45. The van der Waals surface area contributed by atoms with Crippen LogP contribution >= 0.6 is 0 Å². The Morgan fingerprint density at radius 1 is 1.78 bits per heavy atom. The predicted octanol–water partition coefficient (Wildman–Crippen LogP) is 0.991. The van der Waals surface area contributed by atoms with E-state index in [9.17, 15) is 10.1 Å². The van der Waals surface area contributed by atoms with Crippen LogP contribution in [0.1, 0.15) is 0 Å². The quantitative estimate of drug-likeness (QED) is 0.321. The molecular formula is C5H6N2O2. The minimum atomic E-state index is -0.667. The molecule has 0 saturated carbocycles. The van der Waals surface area contributed by atoms with E-state index in [1.807, 2.05) is 0 Å². The number of hydrogen-bond donors (Lipinski definition) is 0. The minimum absolute atomic E-state index is 0.380. The summed E-state index contributed by atoms with van der Waals surface area (Å²) in [6.07, 6.45) is 2.56. The van der Waals surface area contributed by atoms with Crippen molar-refractivity contribution in [1.29, 1.82) is 0 Å². The Balaban J connectivity index is 3.92. The van der Waals surface area contributed by atoms with Gasteiger partial charge in [-0.3, -0.25) is 0 Å². The highest BCUT2D eigenvalue weighted by atomic mass is 16.6. The summed E-state index contributed by atoms with van der Waals surface area (Å²) in [5.41, 5.74) is 0. The summed E-state index contributed by atoms with van der Waals surface area (Å²) in [6, 6.07) is 0. The average Bonchev–Trinajstić information content (AvgIpc) is 1.82. The van der Waals surface area contributed by atoms with E-state index in [0.29, 0.717) is 0 Å². The van der Waals surface area contributed by atoms with Gasteiger partial charge in [-0.05, 0) is 22.6 Å². The second-order valence-corrected chi connectivity index (χ2v) is 1.19. The lowest BCUT2D eigenvalue weighted by atomic mass is 10.7. The van der Waals surface area contributed by atoms with E-state index in [-0.39, 0.29) is 5.82 Å².